The molecule has 0 spiro atoms. The van der Waals surface area contributed by atoms with Crippen molar-refractivity contribution in [1.29, 1.82) is 0 Å². The number of aromatic nitrogens is 3. The third kappa shape index (κ3) is 3.45. The van der Waals surface area contributed by atoms with Crippen LogP contribution < -0.4 is 9.80 Å². The SMILES string of the molecule is CCC(C)N(C)c1nc(Cl)nc(N2CCOCC2)n1. The summed E-state index contributed by atoms with van der Waals surface area (Å²) in [5.74, 6) is 1.25. The summed E-state index contributed by atoms with van der Waals surface area (Å²) in [7, 11) is 1.98. The van der Waals surface area contributed by atoms with Crippen LogP contribution in [-0.4, -0.2) is 54.3 Å². The highest BCUT2D eigenvalue weighted by Gasteiger charge is 2.18. The normalized spacial score (nSPS) is 17.4. The van der Waals surface area contributed by atoms with E-state index in [-0.39, 0.29) is 5.28 Å². The van der Waals surface area contributed by atoms with Crippen molar-refractivity contribution in [3.05, 3.63) is 5.28 Å². The number of ether oxygens (including phenoxy) is 1. The first-order valence-electron chi connectivity index (χ1n) is 6.59. The molecule has 2 heterocycles. The molecular weight excluding hydrogens is 266 g/mol. The zero-order chi connectivity index (χ0) is 13.8. The first-order chi connectivity index (χ1) is 9.11. The van der Waals surface area contributed by atoms with Crippen molar-refractivity contribution >= 4 is 23.5 Å². The lowest BCUT2D eigenvalue weighted by atomic mass is 10.2. The lowest BCUT2D eigenvalue weighted by molar-refractivity contribution is 0.122. The molecule has 0 bridgehead atoms. The van der Waals surface area contributed by atoms with Crippen LogP contribution in [0, 0.1) is 0 Å². The summed E-state index contributed by atoms with van der Waals surface area (Å²) in [5, 5.41) is 0.238. The van der Waals surface area contributed by atoms with Gasteiger partial charge in [-0.1, -0.05) is 6.92 Å². The molecule has 7 heteroatoms. The first kappa shape index (κ1) is 14.3. The number of anilines is 2. The Morgan fingerprint density at radius 1 is 1.32 bits per heavy atom. The molecule has 1 aromatic rings. The van der Waals surface area contributed by atoms with Crippen LogP contribution in [0.3, 0.4) is 0 Å². The van der Waals surface area contributed by atoms with E-state index in [4.69, 9.17) is 16.3 Å². The van der Waals surface area contributed by atoms with Gasteiger partial charge in [-0.2, -0.15) is 15.0 Å². The minimum Gasteiger partial charge on any atom is -0.378 e. The van der Waals surface area contributed by atoms with Crippen molar-refractivity contribution in [1.82, 2.24) is 15.0 Å². The van der Waals surface area contributed by atoms with Gasteiger partial charge in [-0.25, -0.2) is 0 Å². The number of nitrogens with zero attached hydrogens (tertiary/aromatic N) is 5. The van der Waals surface area contributed by atoms with Crippen LogP contribution in [0.25, 0.3) is 0 Å². The van der Waals surface area contributed by atoms with Crippen LogP contribution in [0.15, 0.2) is 0 Å². The van der Waals surface area contributed by atoms with Gasteiger partial charge in [-0.15, -0.1) is 0 Å². The van der Waals surface area contributed by atoms with Crippen LogP contribution in [-0.2, 0) is 4.74 Å². The van der Waals surface area contributed by atoms with Crippen LogP contribution >= 0.6 is 11.6 Å². The highest BCUT2D eigenvalue weighted by molar-refractivity contribution is 6.28. The minimum absolute atomic E-state index is 0.238. The van der Waals surface area contributed by atoms with Crippen molar-refractivity contribution in [3.8, 4) is 0 Å². The molecule has 19 heavy (non-hydrogen) atoms. The summed E-state index contributed by atoms with van der Waals surface area (Å²) in [6.45, 7) is 7.22. The van der Waals surface area contributed by atoms with E-state index in [1.807, 2.05) is 11.9 Å². The molecule has 1 aromatic heterocycles. The molecule has 106 valence electrons. The van der Waals surface area contributed by atoms with E-state index >= 15 is 0 Å². The van der Waals surface area contributed by atoms with Crippen molar-refractivity contribution in [3.63, 3.8) is 0 Å². The van der Waals surface area contributed by atoms with Gasteiger partial charge < -0.3 is 14.5 Å². The Morgan fingerprint density at radius 2 is 2.00 bits per heavy atom. The summed E-state index contributed by atoms with van der Waals surface area (Å²) in [4.78, 5) is 17.0. The maximum Gasteiger partial charge on any atom is 0.231 e. The van der Waals surface area contributed by atoms with E-state index in [1.54, 1.807) is 0 Å². The second kappa shape index (κ2) is 6.34. The van der Waals surface area contributed by atoms with Crippen molar-refractivity contribution in [2.24, 2.45) is 0 Å². The summed E-state index contributed by atoms with van der Waals surface area (Å²) in [6, 6.07) is 0.357. The van der Waals surface area contributed by atoms with Gasteiger partial charge in [0.25, 0.3) is 0 Å². The highest BCUT2D eigenvalue weighted by Crippen LogP contribution is 2.18. The van der Waals surface area contributed by atoms with E-state index in [9.17, 15) is 0 Å². The van der Waals surface area contributed by atoms with Crippen molar-refractivity contribution in [2.45, 2.75) is 26.3 Å². The quantitative estimate of drug-likeness (QED) is 0.837. The Morgan fingerprint density at radius 3 is 2.63 bits per heavy atom. The van der Waals surface area contributed by atoms with Gasteiger partial charge in [0, 0.05) is 26.2 Å². The monoisotopic (exact) mass is 285 g/mol. The summed E-state index contributed by atoms with van der Waals surface area (Å²) < 4.78 is 5.33. The summed E-state index contributed by atoms with van der Waals surface area (Å²) >= 11 is 6.01. The van der Waals surface area contributed by atoms with Gasteiger partial charge in [0.2, 0.25) is 17.2 Å². The molecule has 0 radical (unpaired) electrons. The Kier molecular flexibility index (Phi) is 4.76. The highest BCUT2D eigenvalue weighted by atomic mass is 35.5. The van der Waals surface area contributed by atoms with Crippen LogP contribution in [0.4, 0.5) is 11.9 Å². The van der Waals surface area contributed by atoms with Crippen molar-refractivity contribution in [2.75, 3.05) is 43.2 Å². The third-order valence-electron chi connectivity index (χ3n) is 3.45. The molecule has 1 aliphatic heterocycles. The zero-order valence-corrected chi connectivity index (χ0v) is 12.4. The molecule has 6 nitrogen and oxygen atoms in total. The first-order valence-corrected chi connectivity index (χ1v) is 6.96. The van der Waals surface area contributed by atoms with Crippen LogP contribution in [0.2, 0.25) is 5.28 Å². The molecule has 0 saturated carbocycles. The standard InChI is InChI=1S/C12H20ClN5O/c1-4-9(2)17(3)11-14-10(13)15-12(16-11)18-5-7-19-8-6-18/h9H,4-8H2,1-3H3. The van der Waals surface area contributed by atoms with Crippen LogP contribution in [0.1, 0.15) is 20.3 Å². The third-order valence-corrected chi connectivity index (χ3v) is 3.61. The maximum absolute atomic E-state index is 6.01. The molecule has 0 N–H and O–H groups in total. The van der Waals surface area contributed by atoms with E-state index < -0.39 is 0 Å². The number of hydrogen-bond donors (Lipinski definition) is 0. The predicted octanol–water partition coefficient (Wildman–Crippen LogP) is 1.60. The largest absolute Gasteiger partial charge is 0.378 e. The molecule has 0 aliphatic carbocycles. The van der Waals surface area contributed by atoms with Crippen molar-refractivity contribution < 1.29 is 4.74 Å². The smallest absolute Gasteiger partial charge is 0.231 e. The Labute approximate surface area is 118 Å². The zero-order valence-electron chi connectivity index (χ0n) is 11.6. The maximum atomic E-state index is 6.01. The van der Waals surface area contributed by atoms with E-state index in [0.717, 1.165) is 19.5 Å². The minimum atomic E-state index is 0.238. The number of halogens is 1. The predicted molar refractivity (Wildman–Crippen MR) is 76.0 cm³/mol. The lowest BCUT2D eigenvalue weighted by Crippen LogP contribution is -2.38. The molecular formula is C12H20ClN5O. The molecule has 0 amide bonds. The molecule has 1 aliphatic rings. The fraction of sp³-hybridized carbons (Fsp3) is 0.750. The van der Waals surface area contributed by atoms with E-state index in [2.05, 4.69) is 33.7 Å². The van der Waals surface area contributed by atoms with Crippen LogP contribution in [0.5, 0.6) is 0 Å². The van der Waals surface area contributed by atoms with Gasteiger partial charge >= 0.3 is 0 Å². The number of hydrogen-bond acceptors (Lipinski definition) is 6. The fourth-order valence-electron chi connectivity index (χ4n) is 1.86. The van der Waals surface area contributed by atoms with Gasteiger partial charge in [-0.05, 0) is 24.9 Å². The molecule has 1 atom stereocenters. The summed E-state index contributed by atoms with van der Waals surface area (Å²) in [5.41, 5.74) is 0. The molecule has 0 aromatic carbocycles. The molecule has 1 unspecified atom stereocenters. The average Bonchev–Trinajstić information content (AvgIpc) is 2.46. The fourth-order valence-corrected chi connectivity index (χ4v) is 2.01. The number of morpholine rings is 1. The molecule has 1 fully saturated rings. The average molecular weight is 286 g/mol. The van der Waals surface area contributed by atoms with Gasteiger partial charge in [0.15, 0.2) is 0 Å². The Balaban J connectivity index is 2.23. The topological polar surface area (TPSA) is 54.4 Å². The second-order valence-electron chi connectivity index (χ2n) is 4.67. The molecule has 1 saturated heterocycles. The summed E-state index contributed by atoms with van der Waals surface area (Å²) in [6.07, 6.45) is 1.02. The van der Waals surface area contributed by atoms with E-state index in [0.29, 0.717) is 31.2 Å². The second-order valence-corrected chi connectivity index (χ2v) is 5.01. The number of rotatable bonds is 4. The Hall–Kier alpha value is -1.14. The Bertz CT molecular complexity index is 404. The van der Waals surface area contributed by atoms with Gasteiger partial charge in [0.05, 0.1) is 13.2 Å². The van der Waals surface area contributed by atoms with Gasteiger partial charge in [-0.3, -0.25) is 0 Å². The van der Waals surface area contributed by atoms with E-state index in [1.165, 1.54) is 0 Å². The molecule has 2 rings (SSSR count). The lowest BCUT2D eigenvalue weighted by Gasteiger charge is -2.28. The van der Waals surface area contributed by atoms with Gasteiger partial charge in [0.1, 0.15) is 0 Å².